The van der Waals surface area contributed by atoms with Crippen LogP contribution in [-0.4, -0.2) is 31.7 Å². The zero-order valence-corrected chi connectivity index (χ0v) is 21.7. The van der Waals surface area contributed by atoms with Gasteiger partial charge in [0, 0.05) is 6.54 Å². The molecule has 0 unspecified atom stereocenters. The van der Waals surface area contributed by atoms with Crippen molar-refractivity contribution in [2.75, 3.05) is 19.8 Å². The van der Waals surface area contributed by atoms with Crippen molar-refractivity contribution in [3.05, 3.63) is 96.6 Å². The Morgan fingerprint density at radius 1 is 0.944 bits per heavy atom. The first-order chi connectivity index (χ1) is 17.6. The minimum absolute atomic E-state index is 0.0708. The van der Waals surface area contributed by atoms with E-state index in [4.69, 9.17) is 15.2 Å². The topological polar surface area (TPSA) is 73.6 Å². The summed E-state index contributed by atoms with van der Waals surface area (Å²) >= 11 is 0. The SMILES string of the molecule is C=C/C=C(\C=C/C)COc1ccc(OCCCCCCCCNC(=O)[C@@H](N)Cc2ccccc2)cc1. The number of carbonyl (C=O) groups excluding carboxylic acids is 1. The maximum Gasteiger partial charge on any atom is 0.237 e. The molecule has 5 nitrogen and oxygen atoms in total. The Hall–Kier alpha value is -3.31. The van der Waals surface area contributed by atoms with E-state index in [0.717, 1.165) is 54.7 Å². The number of amides is 1. The highest BCUT2D eigenvalue weighted by molar-refractivity contribution is 5.81. The summed E-state index contributed by atoms with van der Waals surface area (Å²) in [5.41, 5.74) is 8.17. The van der Waals surface area contributed by atoms with E-state index >= 15 is 0 Å². The van der Waals surface area contributed by atoms with E-state index in [9.17, 15) is 4.79 Å². The molecule has 0 bridgehead atoms. The number of carbonyl (C=O) groups is 1. The molecule has 36 heavy (non-hydrogen) atoms. The molecule has 5 heteroatoms. The van der Waals surface area contributed by atoms with Crippen LogP contribution in [0.5, 0.6) is 11.5 Å². The first-order valence-electron chi connectivity index (χ1n) is 13.0. The number of allylic oxidation sites excluding steroid dienone is 3. The normalized spacial score (nSPS) is 12.3. The summed E-state index contributed by atoms with van der Waals surface area (Å²) in [4.78, 5) is 12.1. The Kier molecular flexibility index (Phi) is 14.5. The molecule has 1 atom stereocenters. The van der Waals surface area contributed by atoms with Crippen LogP contribution < -0.4 is 20.5 Å². The van der Waals surface area contributed by atoms with Crippen LogP contribution >= 0.6 is 0 Å². The van der Waals surface area contributed by atoms with Gasteiger partial charge >= 0.3 is 0 Å². The third-order valence-corrected chi connectivity index (χ3v) is 5.72. The summed E-state index contributed by atoms with van der Waals surface area (Å²) in [6, 6.07) is 17.1. The second-order valence-electron chi connectivity index (χ2n) is 8.79. The molecule has 2 aromatic rings. The summed E-state index contributed by atoms with van der Waals surface area (Å²) in [6.07, 6.45) is 14.9. The maximum absolute atomic E-state index is 12.1. The van der Waals surface area contributed by atoms with Crippen molar-refractivity contribution in [2.45, 2.75) is 57.9 Å². The zero-order valence-electron chi connectivity index (χ0n) is 21.7. The lowest BCUT2D eigenvalue weighted by molar-refractivity contribution is -0.122. The van der Waals surface area contributed by atoms with E-state index in [1.807, 2.05) is 79.7 Å². The highest BCUT2D eigenvalue weighted by atomic mass is 16.5. The average molecular weight is 491 g/mol. The molecule has 0 spiro atoms. The number of rotatable bonds is 18. The lowest BCUT2D eigenvalue weighted by atomic mass is 10.1. The molecule has 1 amide bonds. The first kappa shape index (κ1) is 28.9. The largest absolute Gasteiger partial charge is 0.494 e. The Morgan fingerprint density at radius 3 is 2.25 bits per heavy atom. The van der Waals surface area contributed by atoms with Crippen molar-refractivity contribution < 1.29 is 14.3 Å². The van der Waals surface area contributed by atoms with E-state index in [1.165, 1.54) is 6.42 Å². The fraction of sp³-hybridized carbons (Fsp3) is 0.387. The molecule has 0 saturated heterocycles. The lowest BCUT2D eigenvalue weighted by Gasteiger charge is -2.12. The maximum atomic E-state index is 12.1. The standard InChI is InChI=1S/C31H42N2O3/c1-3-14-27(15-4-2)25-36-29-20-18-28(19-21-29)35-23-13-8-6-5-7-12-22-33-31(34)30(32)24-26-16-10-9-11-17-26/h3-4,9-11,14-21,30H,1,5-8,12-13,22-25,32H2,2H3,(H,33,34)/b15-4-,27-14+/t30-/m0/s1. The second-order valence-corrected chi connectivity index (χ2v) is 8.79. The van der Waals surface area contributed by atoms with E-state index in [1.54, 1.807) is 6.08 Å². The van der Waals surface area contributed by atoms with Gasteiger partial charge in [-0.2, -0.15) is 0 Å². The van der Waals surface area contributed by atoms with Gasteiger partial charge in [0.05, 0.1) is 12.6 Å². The summed E-state index contributed by atoms with van der Waals surface area (Å²) in [7, 11) is 0. The van der Waals surface area contributed by atoms with Gasteiger partial charge in [-0.15, -0.1) is 0 Å². The summed E-state index contributed by atoms with van der Waals surface area (Å²) in [5.74, 6) is 1.61. The summed E-state index contributed by atoms with van der Waals surface area (Å²) in [6.45, 7) is 7.62. The smallest absolute Gasteiger partial charge is 0.237 e. The minimum Gasteiger partial charge on any atom is -0.494 e. The quantitative estimate of drug-likeness (QED) is 0.194. The average Bonchev–Trinajstić information content (AvgIpc) is 2.89. The fourth-order valence-corrected chi connectivity index (χ4v) is 3.74. The second kappa shape index (κ2) is 18.0. The molecule has 0 aliphatic carbocycles. The zero-order chi connectivity index (χ0) is 25.8. The van der Waals surface area contributed by atoms with E-state index in [2.05, 4.69) is 11.9 Å². The van der Waals surface area contributed by atoms with Gasteiger partial charge in [0.25, 0.3) is 0 Å². The van der Waals surface area contributed by atoms with Gasteiger partial charge in [0.15, 0.2) is 0 Å². The number of nitrogens with two attached hydrogens (primary N) is 1. The van der Waals surface area contributed by atoms with Gasteiger partial charge in [0.1, 0.15) is 18.1 Å². The molecular weight excluding hydrogens is 448 g/mol. The first-order valence-corrected chi connectivity index (χ1v) is 13.0. The third kappa shape index (κ3) is 12.4. The number of hydrogen-bond donors (Lipinski definition) is 2. The van der Waals surface area contributed by atoms with Crippen molar-refractivity contribution in [1.29, 1.82) is 0 Å². The Labute approximate surface area is 217 Å². The van der Waals surface area contributed by atoms with Crippen LogP contribution in [0.15, 0.2) is 91.1 Å². The lowest BCUT2D eigenvalue weighted by Crippen LogP contribution is -2.42. The minimum atomic E-state index is -0.494. The molecule has 2 aromatic carbocycles. The number of ether oxygens (including phenoxy) is 2. The fourth-order valence-electron chi connectivity index (χ4n) is 3.74. The number of unbranched alkanes of at least 4 members (excludes halogenated alkanes) is 5. The van der Waals surface area contributed by atoms with E-state index in [-0.39, 0.29) is 5.91 Å². The molecule has 2 rings (SSSR count). The van der Waals surface area contributed by atoms with Gasteiger partial charge in [-0.3, -0.25) is 4.79 Å². The monoisotopic (exact) mass is 490 g/mol. The molecule has 0 aliphatic rings. The van der Waals surface area contributed by atoms with Gasteiger partial charge in [-0.1, -0.05) is 86.9 Å². The van der Waals surface area contributed by atoms with Crippen LogP contribution in [0.2, 0.25) is 0 Å². The number of hydrogen-bond acceptors (Lipinski definition) is 4. The summed E-state index contributed by atoms with van der Waals surface area (Å²) < 4.78 is 11.7. The molecule has 3 N–H and O–H groups in total. The molecule has 0 radical (unpaired) electrons. The van der Waals surface area contributed by atoms with E-state index in [0.29, 0.717) is 26.2 Å². The van der Waals surface area contributed by atoms with Crippen molar-refractivity contribution in [3.63, 3.8) is 0 Å². The van der Waals surface area contributed by atoms with Gasteiger partial charge in [-0.25, -0.2) is 0 Å². The molecule has 0 saturated carbocycles. The van der Waals surface area contributed by atoms with Crippen molar-refractivity contribution in [3.8, 4) is 11.5 Å². The van der Waals surface area contributed by atoms with Crippen LogP contribution in [0, 0.1) is 0 Å². The predicted molar refractivity (Wildman–Crippen MR) is 149 cm³/mol. The Bertz CT molecular complexity index is 936. The molecular formula is C31H42N2O3. The van der Waals surface area contributed by atoms with Gasteiger partial charge in [0.2, 0.25) is 5.91 Å². The van der Waals surface area contributed by atoms with Crippen LogP contribution in [-0.2, 0) is 11.2 Å². The van der Waals surface area contributed by atoms with Crippen LogP contribution in [0.1, 0.15) is 51.0 Å². The van der Waals surface area contributed by atoms with Crippen LogP contribution in [0.25, 0.3) is 0 Å². The van der Waals surface area contributed by atoms with Crippen molar-refractivity contribution in [2.24, 2.45) is 5.73 Å². The molecule has 0 aliphatic heterocycles. The highest BCUT2D eigenvalue weighted by Crippen LogP contribution is 2.19. The highest BCUT2D eigenvalue weighted by Gasteiger charge is 2.13. The van der Waals surface area contributed by atoms with E-state index < -0.39 is 6.04 Å². The third-order valence-electron chi connectivity index (χ3n) is 5.72. The summed E-state index contributed by atoms with van der Waals surface area (Å²) in [5, 5.41) is 2.96. The molecule has 0 heterocycles. The molecule has 0 aromatic heterocycles. The van der Waals surface area contributed by atoms with Crippen LogP contribution in [0.3, 0.4) is 0 Å². The Morgan fingerprint density at radius 2 is 1.58 bits per heavy atom. The molecule has 194 valence electrons. The number of nitrogens with one attached hydrogen (secondary N) is 1. The van der Waals surface area contributed by atoms with Gasteiger partial charge in [-0.05, 0) is 61.6 Å². The number of benzene rings is 2. The molecule has 0 fully saturated rings. The van der Waals surface area contributed by atoms with Crippen molar-refractivity contribution in [1.82, 2.24) is 5.32 Å². The van der Waals surface area contributed by atoms with Crippen LogP contribution in [0.4, 0.5) is 0 Å². The predicted octanol–water partition coefficient (Wildman–Crippen LogP) is 6.16. The van der Waals surface area contributed by atoms with Crippen molar-refractivity contribution >= 4 is 5.91 Å². The Balaban J connectivity index is 1.47. The van der Waals surface area contributed by atoms with Gasteiger partial charge < -0.3 is 20.5 Å².